The van der Waals surface area contributed by atoms with Gasteiger partial charge in [-0.05, 0) is 93.3 Å². The number of aryl methyl sites for hydroxylation is 2. The predicted octanol–water partition coefficient (Wildman–Crippen LogP) is 6.80. The van der Waals surface area contributed by atoms with Crippen LogP contribution in [0.15, 0.2) is 70.7 Å². The summed E-state index contributed by atoms with van der Waals surface area (Å²) >= 11 is 5.75. The van der Waals surface area contributed by atoms with E-state index in [1.807, 2.05) is 74.5 Å². The number of carbonyl (C=O) groups is 1. The van der Waals surface area contributed by atoms with Gasteiger partial charge in [-0.25, -0.2) is 0 Å². The van der Waals surface area contributed by atoms with Gasteiger partial charge >= 0.3 is 0 Å². The Hall–Kier alpha value is -2.63. The van der Waals surface area contributed by atoms with E-state index in [1.165, 1.54) is 5.56 Å². The quantitative estimate of drug-likeness (QED) is 0.196. The Balaban J connectivity index is 1.78. The Morgan fingerprint density at radius 1 is 1.16 bits per heavy atom. The third kappa shape index (κ3) is 6.18. The Labute approximate surface area is 204 Å². The molecule has 0 radical (unpaired) electrons. The Bertz CT molecular complexity index is 1180. The number of rotatable bonds is 6. The van der Waals surface area contributed by atoms with E-state index >= 15 is 0 Å². The summed E-state index contributed by atoms with van der Waals surface area (Å²) in [5.74, 6) is 0.282. The van der Waals surface area contributed by atoms with Crippen molar-refractivity contribution in [3.8, 4) is 11.8 Å². The summed E-state index contributed by atoms with van der Waals surface area (Å²) < 4.78 is 7.65. The molecule has 3 aromatic carbocycles. The fourth-order valence-electron chi connectivity index (χ4n) is 2.98. The highest BCUT2D eigenvalue weighted by atomic mass is 127. The van der Waals surface area contributed by atoms with Gasteiger partial charge in [0.15, 0.2) is 0 Å². The zero-order valence-electron chi connectivity index (χ0n) is 17.1. The molecular weight excluding hydrogens is 567 g/mol. The summed E-state index contributed by atoms with van der Waals surface area (Å²) in [6.07, 6.45) is 1.57. The molecule has 0 aliphatic rings. The normalized spacial score (nSPS) is 11.0. The van der Waals surface area contributed by atoms with Gasteiger partial charge in [0.25, 0.3) is 5.91 Å². The van der Waals surface area contributed by atoms with Crippen LogP contribution in [-0.2, 0) is 11.4 Å². The number of para-hydroxylation sites is 1. The molecule has 0 aliphatic heterocycles. The average molecular weight is 587 g/mol. The second-order valence-corrected chi connectivity index (χ2v) is 9.05. The molecule has 0 spiro atoms. The first kappa shape index (κ1) is 23.0. The van der Waals surface area contributed by atoms with Crippen LogP contribution in [0.5, 0.6) is 5.75 Å². The first-order valence-corrected chi connectivity index (χ1v) is 11.4. The summed E-state index contributed by atoms with van der Waals surface area (Å²) in [5, 5.41) is 12.3. The molecule has 4 nitrogen and oxygen atoms in total. The lowest BCUT2D eigenvalue weighted by Crippen LogP contribution is -2.14. The molecule has 31 heavy (non-hydrogen) atoms. The largest absolute Gasteiger partial charge is 0.487 e. The standard InChI is InChI=1S/C25H20BrIN2O2/c1-16-6-5-8-18(10-16)15-31-24-21(26)12-19(13-22(24)27)11-20(14-28)25(30)29-23-9-4-3-7-17(23)2/h3-13H,15H2,1-2H3,(H,29,30)/b20-11-. The van der Waals surface area contributed by atoms with Crippen LogP contribution in [0, 0.1) is 28.7 Å². The maximum Gasteiger partial charge on any atom is 0.266 e. The highest BCUT2D eigenvalue weighted by molar-refractivity contribution is 14.1. The van der Waals surface area contributed by atoms with Gasteiger partial charge in [-0.1, -0.05) is 48.0 Å². The molecule has 3 rings (SSSR count). The zero-order valence-corrected chi connectivity index (χ0v) is 20.8. The summed E-state index contributed by atoms with van der Waals surface area (Å²) in [7, 11) is 0. The van der Waals surface area contributed by atoms with E-state index in [0.29, 0.717) is 12.3 Å². The fourth-order valence-corrected chi connectivity index (χ4v) is 4.75. The van der Waals surface area contributed by atoms with Crippen LogP contribution < -0.4 is 10.1 Å². The number of nitriles is 1. The SMILES string of the molecule is Cc1cccc(COc2c(Br)cc(/C=C(/C#N)C(=O)Nc3ccccc3C)cc2I)c1. The third-order valence-corrected chi connectivity index (χ3v) is 5.95. The van der Waals surface area contributed by atoms with E-state index in [0.717, 1.165) is 30.5 Å². The minimum absolute atomic E-state index is 0.0272. The van der Waals surface area contributed by atoms with Crippen molar-refractivity contribution in [3.63, 3.8) is 0 Å². The fraction of sp³-hybridized carbons (Fsp3) is 0.120. The molecule has 0 heterocycles. The number of ether oxygens (including phenoxy) is 1. The van der Waals surface area contributed by atoms with Crippen molar-refractivity contribution < 1.29 is 9.53 Å². The van der Waals surface area contributed by atoms with Crippen LogP contribution in [0.3, 0.4) is 0 Å². The zero-order chi connectivity index (χ0) is 22.4. The van der Waals surface area contributed by atoms with Crippen molar-refractivity contribution >= 4 is 56.2 Å². The second-order valence-electron chi connectivity index (χ2n) is 7.03. The number of benzene rings is 3. The number of amides is 1. The lowest BCUT2D eigenvalue weighted by atomic mass is 10.1. The molecule has 0 aliphatic carbocycles. The highest BCUT2D eigenvalue weighted by Crippen LogP contribution is 2.33. The summed E-state index contributed by atoms with van der Waals surface area (Å²) in [4.78, 5) is 12.6. The number of hydrogen-bond donors (Lipinski definition) is 1. The maximum atomic E-state index is 12.6. The minimum atomic E-state index is -0.442. The Morgan fingerprint density at radius 3 is 2.61 bits per heavy atom. The topological polar surface area (TPSA) is 62.1 Å². The summed E-state index contributed by atoms with van der Waals surface area (Å²) in [6, 6.07) is 21.3. The van der Waals surface area contributed by atoms with E-state index < -0.39 is 5.91 Å². The van der Waals surface area contributed by atoms with Crippen molar-refractivity contribution in [1.29, 1.82) is 5.26 Å². The second kappa shape index (κ2) is 10.6. The van der Waals surface area contributed by atoms with Crippen LogP contribution in [0.4, 0.5) is 5.69 Å². The van der Waals surface area contributed by atoms with Gasteiger partial charge in [-0.15, -0.1) is 0 Å². The molecular formula is C25H20BrIN2O2. The molecule has 1 N–H and O–H groups in total. The van der Waals surface area contributed by atoms with Gasteiger partial charge in [0.05, 0.1) is 8.04 Å². The molecule has 0 saturated carbocycles. The molecule has 3 aromatic rings. The van der Waals surface area contributed by atoms with Gasteiger partial charge in [0.1, 0.15) is 24.0 Å². The number of anilines is 1. The molecule has 0 saturated heterocycles. The molecule has 0 unspecified atom stereocenters. The van der Waals surface area contributed by atoms with Gasteiger partial charge in [0, 0.05) is 5.69 Å². The van der Waals surface area contributed by atoms with E-state index in [1.54, 1.807) is 6.08 Å². The number of halogens is 2. The monoisotopic (exact) mass is 586 g/mol. The van der Waals surface area contributed by atoms with Crippen molar-refractivity contribution in [2.75, 3.05) is 5.32 Å². The number of carbonyl (C=O) groups excluding carboxylic acids is 1. The van der Waals surface area contributed by atoms with Crippen LogP contribution in [0.2, 0.25) is 0 Å². The minimum Gasteiger partial charge on any atom is -0.487 e. The van der Waals surface area contributed by atoms with Crippen molar-refractivity contribution in [1.82, 2.24) is 0 Å². The average Bonchev–Trinajstić information content (AvgIpc) is 2.73. The lowest BCUT2D eigenvalue weighted by molar-refractivity contribution is -0.112. The number of nitrogens with zero attached hydrogens (tertiary/aromatic N) is 1. The molecule has 6 heteroatoms. The van der Waals surface area contributed by atoms with Crippen LogP contribution in [0.1, 0.15) is 22.3 Å². The molecule has 0 atom stereocenters. The van der Waals surface area contributed by atoms with Gasteiger partial charge in [-0.3, -0.25) is 4.79 Å². The number of nitrogens with one attached hydrogen (secondary N) is 1. The molecule has 0 aromatic heterocycles. The van der Waals surface area contributed by atoms with Crippen LogP contribution in [0.25, 0.3) is 6.08 Å². The summed E-state index contributed by atoms with van der Waals surface area (Å²) in [6.45, 7) is 4.40. The first-order chi connectivity index (χ1) is 14.9. The van der Waals surface area contributed by atoms with E-state index in [9.17, 15) is 10.1 Å². The van der Waals surface area contributed by atoms with Crippen LogP contribution >= 0.6 is 38.5 Å². The first-order valence-electron chi connectivity index (χ1n) is 9.53. The number of hydrogen-bond acceptors (Lipinski definition) is 3. The van der Waals surface area contributed by atoms with Crippen molar-refractivity contribution in [2.45, 2.75) is 20.5 Å². The Morgan fingerprint density at radius 2 is 1.94 bits per heavy atom. The Kier molecular flexibility index (Phi) is 7.88. The molecule has 0 fully saturated rings. The van der Waals surface area contributed by atoms with E-state index in [2.05, 4.69) is 49.9 Å². The summed E-state index contributed by atoms with van der Waals surface area (Å²) in [5.41, 5.74) is 4.65. The van der Waals surface area contributed by atoms with Crippen molar-refractivity contribution in [3.05, 3.63) is 96.5 Å². The van der Waals surface area contributed by atoms with Gasteiger partial charge < -0.3 is 10.1 Å². The molecule has 1 amide bonds. The van der Waals surface area contributed by atoms with Crippen LogP contribution in [-0.4, -0.2) is 5.91 Å². The molecule has 156 valence electrons. The lowest BCUT2D eigenvalue weighted by Gasteiger charge is -2.12. The van der Waals surface area contributed by atoms with Gasteiger partial charge in [-0.2, -0.15) is 5.26 Å². The maximum absolute atomic E-state index is 12.6. The van der Waals surface area contributed by atoms with E-state index in [4.69, 9.17) is 4.74 Å². The predicted molar refractivity (Wildman–Crippen MR) is 136 cm³/mol. The third-order valence-electron chi connectivity index (χ3n) is 4.56. The highest BCUT2D eigenvalue weighted by Gasteiger charge is 2.13. The molecule has 0 bridgehead atoms. The smallest absolute Gasteiger partial charge is 0.266 e. The van der Waals surface area contributed by atoms with E-state index in [-0.39, 0.29) is 5.57 Å². The van der Waals surface area contributed by atoms with Gasteiger partial charge in [0.2, 0.25) is 0 Å². The van der Waals surface area contributed by atoms with Crippen molar-refractivity contribution in [2.24, 2.45) is 0 Å².